The van der Waals surface area contributed by atoms with Crippen LogP contribution in [-0.4, -0.2) is 79.2 Å². The Kier molecular flexibility index (Phi) is 9.91. The minimum absolute atomic E-state index is 0.00670. The number of likely N-dealkylation sites (tertiary alicyclic amines) is 2. The Balaban J connectivity index is 0.975. The van der Waals surface area contributed by atoms with Gasteiger partial charge in [0.25, 0.3) is 0 Å². The van der Waals surface area contributed by atoms with Gasteiger partial charge in [-0.3, -0.25) is 4.79 Å². The van der Waals surface area contributed by atoms with E-state index in [9.17, 15) is 4.79 Å². The van der Waals surface area contributed by atoms with Gasteiger partial charge in [0.15, 0.2) is 0 Å². The number of nitrogens with one attached hydrogen (secondary N) is 2. The Morgan fingerprint density at radius 3 is 2.51 bits per heavy atom. The predicted octanol–water partition coefficient (Wildman–Crippen LogP) is 4.82. The number of aromatic amines is 1. The van der Waals surface area contributed by atoms with Gasteiger partial charge in [-0.05, 0) is 81.2 Å². The summed E-state index contributed by atoms with van der Waals surface area (Å²) in [6.45, 7) is 7.96. The van der Waals surface area contributed by atoms with Gasteiger partial charge in [0.1, 0.15) is 11.6 Å². The Bertz CT molecular complexity index is 1270. The Morgan fingerprint density at radius 2 is 1.77 bits per heavy atom. The third kappa shape index (κ3) is 7.94. The number of benzene rings is 1. The van der Waals surface area contributed by atoms with Gasteiger partial charge in [-0.2, -0.15) is 0 Å². The monoisotopic (exact) mass is 587 g/mol. The van der Waals surface area contributed by atoms with Gasteiger partial charge in [-0.25, -0.2) is 9.97 Å². The molecule has 1 atom stereocenters. The van der Waals surface area contributed by atoms with Gasteiger partial charge in [0, 0.05) is 56.9 Å². The molecule has 1 aromatic carbocycles. The lowest BCUT2D eigenvalue weighted by Gasteiger charge is -2.44. The second-order valence-corrected chi connectivity index (χ2v) is 13.2. The maximum atomic E-state index is 11.0. The van der Waals surface area contributed by atoms with Crippen molar-refractivity contribution in [3.05, 3.63) is 71.8 Å². The first-order valence-electron chi connectivity index (χ1n) is 16.5. The number of rotatable bonds is 13. The number of nitrogens with zero attached hydrogens (tertiary/aromatic N) is 5. The molecule has 43 heavy (non-hydrogen) atoms. The highest BCUT2D eigenvalue weighted by atomic mass is 16.4. The summed E-state index contributed by atoms with van der Waals surface area (Å²) in [5.41, 5.74) is 2.48. The molecule has 6 rings (SSSR count). The fourth-order valence-electron chi connectivity index (χ4n) is 7.74. The van der Waals surface area contributed by atoms with E-state index in [1.54, 1.807) is 6.20 Å². The van der Waals surface area contributed by atoms with Crippen molar-refractivity contribution in [2.24, 2.45) is 5.41 Å². The zero-order valence-electron chi connectivity index (χ0n) is 25.6. The lowest BCUT2D eigenvalue weighted by molar-refractivity contribution is -0.136. The van der Waals surface area contributed by atoms with E-state index in [4.69, 9.17) is 10.1 Å². The molecular formula is C34H49N7O2. The Hall–Kier alpha value is -3.01. The van der Waals surface area contributed by atoms with Crippen molar-refractivity contribution < 1.29 is 9.90 Å². The normalized spacial score (nSPS) is 20.6. The first-order chi connectivity index (χ1) is 21.1. The third-order valence-corrected chi connectivity index (χ3v) is 10.3. The summed E-state index contributed by atoms with van der Waals surface area (Å²) in [7, 11) is 0. The van der Waals surface area contributed by atoms with E-state index < -0.39 is 5.97 Å². The van der Waals surface area contributed by atoms with Crippen LogP contribution in [0.1, 0.15) is 86.6 Å². The van der Waals surface area contributed by atoms with Gasteiger partial charge in [-0.15, -0.1) is 0 Å². The van der Waals surface area contributed by atoms with E-state index in [1.165, 1.54) is 77.5 Å². The number of aromatic nitrogens is 4. The van der Waals surface area contributed by atoms with Crippen molar-refractivity contribution in [3.8, 4) is 0 Å². The molecular weight excluding hydrogens is 538 g/mol. The second-order valence-electron chi connectivity index (χ2n) is 13.2. The molecule has 3 N–H and O–H groups in total. The van der Waals surface area contributed by atoms with Crippen LogP contribution in [0.5, 0.6) is 0 Å². The fourth-order valence-corrected chi connectivity index (χ4v) is 7.74. The Morgan fingerprint density at radius 1 is 1.00 bits per heavy atom. The molecule has 0 amide bonds. The zero-order chi connectivity index (χ0) is 29.5. The summed E-state index contributed by atoms with van der Waals surface area (Å²) < 4.78 is 2.31. The molecule has 2 saturated heterocycles. The molecule has 232 valence electrons. The number of imidazole rings is 2. The molecule has 9 heteroatoms. The largest absolute Gasteiger partial charge is 0.481 e. The topological polar surface area (TPSA) is 102 Å². The molecule has 1 unspecified atom stereocenters. The van der Waals surface area contributed by atoms with E-state index in [1.807, 2.05) is 36.7 Å². The molecule has 1 spiro atoms. The average Bonchev–Trinajstić information content (AvgIpc) is 3.80. The summed E-state index contributed by atoms with van der Waals surface area (Å²) >= 11 is 0. The number of aryl methyl sites for hydroxylation is 1. The van der Waals surface area contributed by atoms with Crippen molar-refractivity contribution in [1.29, 1.82) is 0 Å². The summed E-state index contributed by atoms with van der Waals surface area (Å²) in [6.07, 6.45) is 20.9. The molecule has 2 aromatic heterocycles. The van der Waals surface area contributed by atoms with Crippen LogP contribution in [0.15, 0.2) is 49.1 Å². The van der Waals surface area contributed by atoms with Crippen molar-refractivity contribution in [2.45, 2.75) is 95.8 Å². The second kappa shape index (κ2) is 14.2. The minimum Gasteiger partial charge on any atom is -0.481 e. The van der Waals surface area contributed by atoms with Gasteiger partial charge in [0.2, 0.25) is 0 Å². The Labute approximate surface area is 256 Å². The first kappa shape index (κ1) is 30.0. The fraction of sp³-hybridized carbons (Fsp3) is 0.618. The molecule has 2 aliphatic heterocycles. The van der Waals surface area contributed by atoms with Gasteiger partial charge < -0.3 is 29.8 Å². The van der Waals surface area contributed by atoms with Crippen LogP contribution in [0.2, 0.25) is 0 Å². The van der Waals surface area contributed by atoms with E-state index in [2.05, 4.69) is 35.8 Å². The summed E-state index contributed by atoms with van der Waals surface area (Å²) in [5.74, 6) is 1.15. The van der Waals surface area contributed by atoms with Crippen LogP contribution >= 0.6 is 0 Å². The maximum Gasteiger partial charge on any atom is 0.307 e. The highest BCUT2D eigenvalue weighted by molar-refractivity contribution is 5.70. The van der Waals surface area contributed by atoms with Crippen LogP contribution in [0.4, 0.5) is 0 Å². The molecule has 0 radical (unpaired) electrons. The number of hydrogen-bond donors (Lipinski definition) is 3. The van der Waals surface area contributed by atoms with E-state index >= 15 is 0 Å². The molecule has 4 heterocycles. The molecule has 1 saturated carbocycles. The SMILES string of the molecule is O=C(O)Cc1ccc(CNC(Cc2nccn2CCCN2CCC3(CCN(C4CCCCC4)CC3)C2)c2ncc[nH]2)cc1. The number of carboxylic acids is 1. The van der Waals surface area contributed by atoms with E-state index in [0.29, 0.717) is 12.0 Å². The average molecular weight is 588 g/mol. The van der Waals surface area contributed by atoms with Gasteiger partial charge in [-0.1, -0.05) is 43.5 Å². The molecule has 3 aromatic rings. The highest BCUT2D eigenvalue weighted by Gasteiger charge is 2.41. The summed E-state index contributed by atoms with van der Waals surface area (Å²) in [6, 6.07) is 8.63. The number of carboxylic acid groups (broad SMARTS) is 1. The summed E-state index contributed by atoms with van der Waals surface area (Å²) in [4.78, 5) is 29.1. The number of piperidine rings is 1. The van der Waals surface area contributed by atoms with E-state index in [-0.39, 0.29) is 12.5 Å². The number of hydrogen-bond acceptors (Lipinski definition) is 6. The maximum absolute atomic E-state index is 11.0. The van der Waals surface area contributed by atoms with Crippen LogP contribution < -0.4 is 5.32 Å². The molecule has 0 bridgehead atoms. The van der Waals surface area contributed by atoms with Crippen LogP contribution in [0.25, 0.3) is 0 Å². The number of aliphatic carboxylic acids is 1. The number of H-pyrrole nitrogens is 1. The molecule has 9 nitrogen and oxygen atoms in total. The van der Waals surface area contributed by atoms with Gasteiger partial charge in [0.05, 0.1) is 12.5 Å². The van der Waals surface area contributed by atoms with Crippen molar-refractivity contribution >= 4 is 5.97 Å². The van der Waals surface area contributed by atoms with Crippen LogP contribution in [0.3, 0.4) is 0 Å². The lowest BCUT2D eigenvalue weighted by atomic mass is 9.77. The number of carbonyl (C=O) groups is 1. The minimum atomic E-state index is -0.811. The van der Waals surface area contributed by atoms with Crippen molar-refractivity contribution in [1.82, 2.24) is 34.6 Å². The molecule has 1 aliphatic carbocycles. The predicted molar refractivity (Wildman–Crippen MR) is 168 cm³/mol. The van der Waals surface area contributed by atoms with Crippen LogP contribution in [-0.2, 0) is 30.7 Å². The van der Waals surface area contributed by atoms with Crippen LogP contribution in [0, 0.1) is 5.41 Å². The third-order valence-electron chi connectivity index (χ3n) is 10.3. The smallest absolute Gasteiger partial charge is 0.307 e. The zero-order valence-corrected chi connectivity index (χ0v) is 25.6. The van der Waals surface area contributed by atoms with Crippen molar-refractivity contribution in [2.75, 3.05) is 32.7 Å². The van der Waals surface area contributed by atoms with Crippen molar-refractivity contribution in [3.63, 3.8) is 0 Å². The molecule has 3 aliphatic rings. The lowest BCUT2D eigenvalue weighted by Crippen LogP contribution is -2.46. The van der Waals surface area contributed by atoms with Gasteiger partial charge >= 0.3 is 5.97 Å². The first-order valence-corrected chi connectivity index (χ1v) is 16.5. The highest BCUT2D eigenvalue weighted by Crippen LogP contribution is 2.41. The molecule has 3 fully saturated rings. The quantitative estimate of drug-likeness (QED) is 0.264. The van der Waals surface area contributed by atoms with E-state index in [0.717, 1.165) is 54.7 Å². The standard InChI is InChI=1S/C34H49N7O2/c42-32(43)23-27-7-9-28(10-8-27)25-38-30(33-36-14-15-37-33)24-31-35-16-22-41(31)18-4-17-39-19-11-34(26-39)12-20-40(21-13-34)29-5-2-1-3-6-29/h7-10,14-16,22,29-30,38H,1-6,11-13,17-21,23-26H2,(H,36,37)(H,42,43). The summed E-state index contributed by atoms with van der Waals surface area (Å²) in [5, 5.41) is 12.7.